The SMILES string of the molecule is CC(=N)Nc1ccccc1-c1ncccc1OCc1c(F)cccc1F.Cl. The van der Waals surface area contributed by atoms with E-state index in [4.69, 9.17) is 10.1 Å². The van der Waals surface area contributed by atoms with Gasteiger partial charge in [0.1, 0.15) is 29.7 Å². The number of pyridine rings is 1. The monoisotopic (exact) mass is 389 g/mol. The van der Waals surface area contributed by atoms with Gasteiger partial charge in [-0.3, -0.25) is 10.4 Å². The molecule has 0 saturated carbocycles. The lowest BCUT2D eigenvalue weighted by molar-refractivity contribution is 0.293. The van der Waals surface area contributed by atoms with E-state index in [9.17, 15) is 8.78 Å². The molecule has 27 heavy (non-hydrogen) atoms. The van der Waals surface area contributed by atoms with E-state index in [1.54, 1.807) is 25.3 Å². The molecule has 0 bridgehead atoms. The van der Waals surface area contributed by atoms with Crippen LogP contribution in [0.2, 0.25) is 0 Å². The first-order valence-electron chi connectivity index (χ1n) is 7.98. The van der Waals surface area contributed by atoms with Crippen molar-refractivity contribution >= 4 is 23.9 Å². The molecular formula is C20H18ClF2N3O. The first kappa shape index (κ1) is 20.3. The summed E-state index contributed by atoms with van der Waals surface area (Å²) < 4.78 is 33.3. The number of hydrogen-bond donors (Lipinski definition) is 2. The Morgan fingerprint density at radius 1 is 1.04 bits per heavy atom. The molecular weight excluding hydrogens is 372 g/mol. The van der Waals surface area contributed by atoms with Crippen LogP contribution in [0.25, 0.3) is 11.3 Å². The van der Waals surface area contributed by atoms with Gasteiger partial charge < -0.3 is 10.1 Å². The van der Waals surface area contributed by atoms with Crippen molar-refractivity contribution in [3.05, 3.63) is 78.0 Å². The Morgan fingerprint density at radius 2 is 1.74 bits per heavy atom. The van der Waals surface area contributed by atoms with Crippen LogP contribution in [0.3, 0.4) is 0 Å². The minimum atomic E-state index is -0.656. The fraction of sp³-hybridized carbons (Fsp3) is 0.100. The summed E-state index contributed by atoms with van der Waals surface area (Å²) in [5.41, 5.74) is 1.81. The van der Waals surface area contributed by atoms with Crippen molar-refractivity contribution in [2.45, 2.75) is 13.5 Å². The molecule has 2 N–H and O–H groups in total. The van der Waals surface area contributed by atoms with Crippen LogP contribution in [0.15, 0.2) is 60.8 Å². The molecule has 4 nitrogen and oxygen atoms in total. The number of rotatable bonds is 5. The highest BCUT2D eigenvalue weighted by molar-refractivity contribution is 5.95. The van der Waals surface area contributed by atoms with Crippen LogP contribution < -0.4 is 10.1 Å². The molecule has 0 unspecified atom stereocenters. The fourth-order valence-electron chi connectivity index (χ4n) is 2.53. The summed E-state index contributed by atoms with van der Waals surface area (Å²) in [4.78, 5) is 4.35. The molecule has 0 aliphatic heterocycles. The Hall–Kier alpha value is -2.99. The van der Waals surface area contributed by atoms with Gasteiger partial charge in [-0.2, -0.15) is 0 Å². The molecule has 0 radical (unpaired) electrons. The summed E-state index contributed by atoms with van der Waals surface area (Å²) in [5.74, 6) is -0.634. The van der Waals surface area contributed by atoms with Crippen LogP contribution in [0.5, 0.6) is 5.75 Å². The first-order valence-corrected chi connectivity index (χ1v) is 7.98. The van der Waals surface area contributed by atoms with E-state index in [1.807, 2.05) is 24.3 Å². The molecule has 1 aromatic heterocycles. The van der Waals surface area contributed by atoms with Gasteiger partial charge in [-0.05, 0) is 37.3 Å². The van der Waals surface area contributed by atoms with Gasteiger partial charge in [-0.25, -0.2) is 8.78 Å². The summed E-state index contributed by atoms with van der Waals surface area (Å²) >= 11 is 0. The third-order valence-corrected chi connectivity index (χ3v) is 3.71. The zero-order chi connectivity index (χ0) is 18.5. The maximum atomic E-state index is 13.8. The molecule has 7 heteroatoms. The van der Waals surface area contributed by atoms with Crippen LogP contribution in [-0.4, -0.2) is 10.8 Å². The summed E-state index contributed by atoms with van der Waals surface area (Å²) in [6.45, 7) is 1.38. The van der Waals surface area contributed by atoms with Gasteiger partial charge >= 0.3 is 0 Å². The molecule has 0 aliphatic carbocycles. The second kappa shape index (κ2) is 9.09. The number of halogens is 3. The van der Waals surface area contributed by atoms with Crippen LogP contribution in [0.4, 0.5) is 14.5 Å². The van der Waals surface area contributed by atoms with Gasteiger partial charge in [0, 0.05) is 17.4 Å². The maximum absolute atomic E-state index is 13.8. The highest BCUT2D eigenvalue weighted by Crippen LogP contribution is 2.33. The van der Waals surface area contributed by atoms with Crippen molar-refractivity contribution in [2.75, 3.05) is 5.32 Å². The minimum Gasteiger partial charge on any atom is -0.486 e. The molecule has 0 fully saturated rings. The molecule has 0 aliphatic rings. The standard InChI is InChI=1S/C20H17F2N3O.ClH/c1-13(23)25-18-9-3-2-6-14(18)20-19(10-5-11-24-20)26-12-15-16(21)7-4-8-17(15)22;/h2-11H,12H2,1H3,(H2,23,25);1H. The predicted molar refractivity (Wildman–Crippen MR) is 105 cm³/mol. The van der Waals surface area contributed by atoms with Gasteiger partial charge in [-0.15, -0.1) is 12.4 Å². The molecule has 1 heterocycles. The third-order valence-electron chi connectivity index (χ3n) is 3.71. The molecule has 3 aromatic rings. The summed E-state index contributed by atoms with van der Waals surface area (Å²) in [7, 11) is 0. The topological polar surface area (TPSA) is 58.0 Å². The second-order valence-corrected chi connectivity index (χ2v) is 5.63. The zero-order valence-corrected chi connectivity index (χ0v) is 15.3. The van der Waals surface area contributed by atoms with Gasteiger partial charge in [0.2, 0.25) is 0 Å². The first-order chi connectivity index (χ1) is 12.6. The number of aromatic nitrogens is 1. The summed E-state index contributed by atoms with van der Waals surface area (Å²) in [6, 6.07) is 14.4. The Labute approximate surface area is 162 Å². The van der Waals surface area contributed by atoms with E-state index in [-0.39, 0.29) is 30.4 Å². The van der Waals surface area contributed by atoms with Crippen molar-refractivity contribution in [3.63, 3.8) is 0 Å². The number of nitrogens with one attached hydrogen (secondary N) is 2. The van der Waals surface area contributed by atoms with Gasteiger partial charge in [-0.1, -0.05) is 24.3 Å². The number of hydrogen-bond acceptors (Lipinski definition) is 3. The van der Waals surface area contributed by atoms with Crippen LogP contribution >= 0.6 is 12.4 Å². The van der Waals surface area contributed by atoms with Crippen molar-refractivity contribution in [2.24, 2.45) is 0 Å². The van der Waals surface area contributed by atoms with Crippen LogP contribution in [-0.2, 0) is 6.61 Å². The highest BCUT2D eigenvalue weighted by Gasteiger charge is 2.14. The summed E-state index contributed by atoms with van der Waals surface area (Å²) in [6.07, 6.45) is 1.61. The lowest BCUT2D eigenvalue weighted by Gasteiger charge is -2.15. The number of nitrogens with zero attached hydrogens (tertiary/aromatic N) is 1. The van der Waals surface area contributed by atoms with Gasteiger partial charge in [0.15, 0.2) is 0 Å². The molecule has 2 aromatic carbocycles. The molecule has 0 saturated heterocycles. The van der Waals surface area contributed by atoms with E-state index >= 15 is 0 Å². The molecule has 3 rings (SSSR count). The molecule has 0 amide bonds. The van der Waals surface area contributed by atoms with Gasteiger partial charge in [0.25, 0.3) is 0 Å². The minimum absolute atomic E-state index is 0. The van der Waals surface area contributed by atoms with Crippen molar-refractivity contribution < 1.29 is 13.5 Å². The van der Waals surface area contributed by atoms with E-state index in [2.05, 4.69) is 10.3 Å². The average molecular weight is 390 g/mol. The highest BCUT2D eigenvalue weighted by atomic mass is 35.5. The number of ether oxygens (including phenoxy) is 1. The van der Waals surface area contributed by atoms with E-state index in [0.717, 1.165) is 5.56 Å². The molecule has 0 spiro atoms. The Balaban J connectivity index is 0.00000261. The lowest BCUT2D eigenvalue weighted by Crippen LogP contribution is -2.07. The third kappa shape index (κ3) is 4.80. The number of amidine groups is 1. The smallest absolute Gasteiger partial charge is 0.146 e. The van der Waals surface area contributed by atoms with Gasteiger partial charge in [0.05, 0.1) is 11.4 Å². The van der Waals surface area contributed by atoms with E-state index in [1.165, 1.54) is 18.2 Å². The van der Waals surface area contributed by atoms with Crippen molar-refractivity contribution in [3.8, 4) is 17.0 Å². The van der Waals surface area contributed by atoms with Crippen LogP contribution in [0.1, 0.15) is 12.5 Å². The number of para-hydroxylation sites is 1. The normalized spacial score (nSPS) is 10.0. The Kier molecular flexibility index (Phi) is 6.85. The Bertz CT molecular complexity index is 930. The van der Waals surface area contributed by atoms with Crippen molar-refractivity contribution in [1.29, 1.82) is 5.41 Å². The Morgan fingerprint density at radius 3 is 2.44 bits per heavy atom. The van der Waals surface area contributed by atoms with E-state index in [0.29, 0.717) is 17.1 Å². The molecule has 140 valence electrons. The maximum Gasteiger partial charge on any atom is 0.146 e. The lowest BCUT2D eigenvalue weighted by atomic mass is 10.1. The fourth-order valence-corrected chi connectivity index (χ4v) is 2.53. The summed E-state index contributed by atoms with van der Waals surface area (Å²) in [5, 5.41) is 10.6. The predicted octanol–water partition coefficient (Wildman–Crippen LogP) is 5.44. The largest absolute Gasteiger partial charge is 0.486 e. The number of anilines is 1. The van der Waals surface area contributed by atoms with Crippen molar-refractivity contribution in [1.82, 2.24) is 4.98 Å². The molecule has 0 atom stereocenters. The second-order valence-electron chi connectivity index (χ2n) is 5.63. The zero-order valence-electron chi connectivity index (χ0n) is 14.5. The average Bonchev–Trinajstić information content (AvgIpc) is 2.62. The van der Waals surface area contributed by atoms with E-state index < -0.39 is 11.6 Å². The quantitative estimate of drug-likeness (QED) is 0.451. The number of benzene rings is 2. The van der Waals surface area contributed by atoms with Crippen LogP contribution in [0, 0.1) is 17.0 Å².